The van der Waals surface area contributed by atoms with E-state index in [2.05, 4.69) is 0 Å². The molecule has 0 amide bonds. The first-order valence-corrected chi connectivity index (χ1v) is 4.55. The molecule has 2 aromatic rings. The molecular formula is C9H8FNS. The smallest absolute Gasteiger partial charge is 0.140 e. The lowest BCUT2D eigenvalue weighted by molar-refractivity contribution is 0.641. The van der Waals surface area contributed by atoms with Crippen LogP contribution in [0.15, 0.2) is 23.6 Å². The van der Waals surface area contributed by atoms with E-state index in [1.807, 2.05) is 11.4 Å². The van der Waals surface area contributed by atoms with Gasteiger partial charge in [0.2, 0.25) is 0 Å². The Morgan fingerprint density at radius 2 is 2.25 bits per heavy atom. The van der Waals surface area contributed by atoms with Crippen molar-refractivity contribution >= 4 is 21.4 Å². The molecule has 1 aromatic heterocycles. The zero-order valence-electron chi connectivity index (χ0n) is 6.38. The van der Waals surface area contributed by atoms with Crippen LogP contribution in [0.5, 0.6) is 0 Å². The van der Waals surface area contributed by atoms with Crippen LogP contribution in [0.25, 0.3) is 10.1 Å². The highest BCUT2D eigenvalue weighted by Gasteiger charge is 2.05. The molecule has 12 heavy (non-hydrogen) atoms. The number of hydrogen-bond acceptors (Lipinski definition) is 2. The van der Waals surface area contributed by atoms with Crippen molar-refractivity contribution in [2.75, 3.05) is 0 Å². The molecule has 0 atom stereocenters. The molecule has 0 spiro atoms. The Morgan fingerprint density at radius 3 is 3.00 bits per heavy atom. The van der Waals surface area contributed by atoms with Crippen molar-refractivity contribution in [2.45, 2.75) is 6.54 Å². The number of fused-ring (bicyclic) bond motifs is 1. The summed E-state index contributed by atoms with van der Waals surface area (Å²) in [6, 6.07) is 5.08. The van der Waals surface area contributed by atoms with E-state index in [4.69, 9.17) is 5.73 Å². The first-order valence-electron chi connectivity index (χ1n) is 3.67. The Bertz CT molecular complexity index is 408. The maximum absolute atomic E-state index is 13.1. The van der Waals surface area contributed by atoms with Gasteiger partial charge in [-0.2, -0.15) is 0 Å². The molecule has 0 bridgehead atoms. The van der Waals surface area contributed by atoms with Gasteiger partial charge < -0.3 is 5.73 Å². The maximum atomic E-state index is 13.1. The zero-order valence-corrected chi connectivity index (χ0v) is 7.20. The fourth-order valence-corrected chi connectivity index (χ4v) is 2.22. The number of benzene rings is 1. The third kappa shape index (κ3) is 1.02. The summed E-state index contributed by atoms with van der Waals surface area (Å²) >= 11 is 1.41. The third-order valence-corrected chi connectivity index (χ3v) is 2.90. The molecule has 0 radical (unpaired) electrons. The molecule has 1 aromatic carbocycles. The highest BCUT2D eigenvalue weighted by atomic mass is 32.1. The fraction of sp³-hybridized carbons (Fsp3) is 0.111. The molecule has 3 heteroatoms. The van der Waals surface area contributed by atoms with Gasteiger partial charge >= 0.3 is 0 Å². The number of halogens is 1. The van der Waals surface area contributed by atoms with Crippen LogP contribution < -0.4 is 5.73 Å². The molecule has 2 rings (SSSR count). The van der Waals surface area contributed by atoms with E-state index in [1.165, 1.54) is 17.4 Å². The van der Waals surface area contributed by atoms with Gasteiger partial charge in [0.05, 0.1) is 4.70 Å². The van der Waals surface area contributed by atoms with E-state index < -0.39 is 0 Å². The summed E-state index contributed by atoms with van der Waals surface area (Å²) in [5.74, 6) is -0.155. The number of nitrogens with two attached hydrogens (primary N) is 1. The Morgan fingerprint density at radius 1 is 1.42 bits per heavy atom. The van der Waals surface area contributed by atoms with E-state index in [1.54, 1.807) is 6.07 Å². The van der Waals surface area contributed by atoms with Crippen LogP contribution in [0.4, 0.5) is 4.39 Å². The van der Waals surface area contributed by atoms with Crippen LogP contribution >= 0.6 is 11.3 Å². The van der Waals surface area contributed by atoms with Gasteiger partial charge in [-0.3, -0.25) is 0 Å². The topological polar surface area (TPSA) is 26.0 Å². The van der Waals surface area contributed by atoms with Crippen molar-refractivity contribution < 1.29 is 4.39 Å². The lowest BCUT2D eigenvalue weighted by atomic mass is 10.2. The molecule has 0 aliphatic heterocycles. The Kier molecular flexibility index (Phi) is 1.83. The molecule has 62 valence electrons. The molecule has 1 nitrogen and oxygen atoms in total. The minimum atomic E-state index is -0.155. The molecular weight excluding hydrogens is 173 g/mol. The predicted octanol–water partition coefficient (Wildman–Crippen LogP) is 2.50. The number of hydrogen-bond donors (Lipinski definition) is 1. The second kappa shape index (κ2) is 2.84. The van der Waals surface area contributed by atoms with Crippen LogP contribution in [-0.4, -0.2) is 0 Å². The van der Waals surface area contributed by atoms with Gasteiger partial charge in [-0.25, -0.2) is 4.39 Å². The fourth-order valence-electron chi connectivity index (χ4n) is 1.23. The first-order chi connectivity index (χ1) is 5.83. The largest absolute Gasteiger partial charge is 0.326 e. The monoisotopic (exact) mass is 181 g/mol. The summed E-state index contributed by atoms with van der Waals surface area (Å²) in [6.07, 6.45) is 0. The van der Waals surface area contributed by atoms with Crippen LogP contribution in [-0.2, 0) is 6.54 Å². The van der Waals surface area contributed by atoms with Crippen molar-refractivity contribution in [1.82, 2.24) is 0 Å². The van der Waals surface area contributed by atoms with Gasteiger partial charge in [-0.05, 0) is 22.4 Å². The SMILES string of the molecule is NCc1csc2c(F)cccc12. The minimum Gasteiger partial charge on any atom is -0.326 e. The summed E-state index contributed by atoms with van der Waals surface area (Å²) < 4.78 is 13.8. The summed E-state index contributed by atoms with van der Waals surface area (Å²) in [5, 5.41) is 2.86. The van der Waals surface area contributed by atoms with Gasteiger partial charge in [-0.15, -0.1) is 11.3 Å². The predicted molar refractivity (Wildman–Crippen MR) is 49.7 cm³/mol. The lowest BCUT2D eigenvalue weighted by Crippen LogP contribution is -1.93. The van der Waals surface area contributed by atoms with Gasteiger partial charge in [0.1, 0.15) is 5.82 Å². The summed E-state index contributed by atoms with van der Waals surface area (Å²) in [5.41, 5.74) is 6.52. The highest BCUT2D eigenvalue weighted by molar-refractivity contribution is 7.17. The number of thiophene rings is 1. The van der Waals surface area contributed by atoms with Gasteiger partial charge in [0.15, 0.2) is 0 Å². The van der Waals surface area contributed by atoms with Crippen molar-refractivity contribution in [3.63, 3.8) is 0 Å². The molecule has 0 saturated carbocycles. The average Bonchev–Trinajstić information content (AvgIpc) is 2.49. The summed E-state index contributed by atoms with van der Waals surface area (Å²) in [6.45, 7) is 0.476. The highest BCUT2D eigenvalue weighted by Crippen LogP contribution is 2.27. The summed E-state index contributed by atoms with van der Waals surface area (Å²) in [7, 11) is 0. The average molecular weight is 181 g/mol. The molecule has 0 saturated heterocycles. The van der Waals surface area contributed by atoms with E-state index in [-0.39, 0.29) is 5.82 Å². The lowest BCUT2D eigenvalue weighted by Gasteiger charge is -1.93. The van der Waals surface area contributed by atoms with Crippen LogP contribution in [0.3, 0.4) is 0 Å². The number of rotatable bonds is 1. The molecule has 0 fully saturated rings. The maximum Gasteiger partial charge on any atom is 0.140 e. The molecule has 0 aliphatic carbocycles. The summed E-state index contributed by atoms with van der Waals surface area (Å²) in [4.78, 5) is 0. The van der Waals surface area contributed by atoms with Crippen molar-refractivity contribution in [2.24, 2.45) is 5.73 Å². The minimum absolute atomic E-state index is 0.155. The van der Waals surface area contributed by atoms with Gasteiger partial charge in [-0.1, -0.05) is 12.1 Å². The molecule has 0 unspecified atom stereocenters. The van der Waals surface area contributed by atoms with E-state index in [0.29, 0.717) is 11.2 Å². The van der Waals surface area contributed by atoms with Gasteiger partial charge in [0, 0.05) is 6.54 Å². The Balaban J connectivity index is 2.80. The molecule has 1 heterocycles. The van der Waals surface area contributed by atoms with Crippen molar-refractivity contribution in [1.29, 1.82) is 0 Å². The van der Waals surface area contributed by atoms with Gasteiger partial charge in [0.25, 0.3) is 0 Å². The standard InChI is InChI=1S/C9H8FNS/c10-8-3-1-2-7-6(4-11)5-12-9(7)8/h1-3,5H,4,11H2. The molecule has 2 N–H and O–H groups in total. The second-order valence-electron chi connectivity index (χ2n) is 2.58. The van der Waals surface area contributed by atoms with E-state index >= 15 is 0 Å². The van der Waals surface area contributed by atoms with Crippen molar-refractivity contribution in [3.05, 3.63) is 35.0 Å². The van der Waals surface area contributed by atoms with Crippen LogP contribution in [0.1, 0.15) is 5.56 Å². The zero-order chi connectivity index (χ0) is 8.55. The van der Waals surface area contributed by atoms with E-state index in [9.17, 15) is 4.39 Å². The van der Waals surface area contributed by atoms with Crippen LogP contribution in [0.2, 0.25) is 0 Å². The third-order valence-electron chi connectivity index (χ3n) is 1.85. The molecule has 0 aliphatic rings. The first kappa shape index (κ1) is 7.71. The van der Waals surface area contributed by atoms with Crippen LogP contribution in [0, 0.1) is 5.82 Å². The Labute approximate surface area is 73.6 Å². The van der Waals surface area contributed by atoms with E-state index in [0.717, 1.165) is 10.9 Å². The quantitative estimate of drug-likeness (QED) is 0.718. The van der Waals surface area contributed by atoms with Crippen molar-refractivity contribution in [3.8, 4) is 0 Å². The normalized spacial score (nSPS) is 10.8. The second-order valence-corrected chi connectivity index (χ2v) is 3.46. The Hall–Kier alpha value is -0.930.